The van der Waals surface area contributed by atoms with Gasteiger partial charge in [-0.3, -0.25) is 4.90 Å². The molecular weight excluding hydrogens is 520 g/mol. The van der Waals surface area contributed by atoms with Gasteiger partial charge < -0.3 is 14.2 Å². The Morgan fingerprint density at radius 3 is 1.66 bits per heavy atom. The highest BCUT2D eigenvalue weighted by Crippen LogP contribution is 2.38. The highest BCUT2D eigenvalue weighted by atomic mass is 19.3. The van der Waals surface area contributed by atoms with E-state index in [4.69, 9.17) is 14.2 Å². The van der Waals surface area contributed by atoms with E-state index in [1.807, 2.05) is 54.6 Å². The van der Waals surface area contributed by atoms with Crippen molar-refractivity contribution in [1.82, 2.24) is 4.90 Å². The normalized spacial score (nSPS) is 25.2. The fraction of sp³-hybridized carbons (Fsp3) is 0.486. The van der Waals surface area contributed by atoms with Gasteiger partial charge in [0.25, 0.3) is 0 Å². The average Bonchev–Trinajstić information content (AvgIpc) is 3.00. The van der Waals surface area contributed by atoms with E-state index in [0.717, 1.165) is 29.7 Å². The zero-order chi connectivity index (χ0) is 28.5. The molecule has 2 aliphatic rings. The van der Waals surface area contributed by atoms with Crippen molar-refractivity contribution in [2.45, 2.75) is 89.1 Å². The molecule has 220 valence electrons. The Balaban J connectivity index is 1.33. The van der Waals surface area contributed by atoms with Crippen molar-refractivity contribution in [2.24, 2.45) is 5.92 Å². The minimum Gasteiger partial charge on any atom is -0.369 e. The van der Waals surface area contributed by atoms with Crippen LogP contribution in [-0.4, -0.2) is 48.3 Å². The first-order valence-corrected chi connectivity index (χ1v) is 15.1. The Morgan fingerprint density at radius 1 is 0.683 bits per heavy atom. The van der Waals surface area contributed by atoms with Crippen LogP contribution >= 0.6 is 0 Å². The first-order valence-electron chi connectivity index (χ1n) is 15.1. The lowest BCUT2D eigenvalue weighted by atomic mass is 9.84. The van der Waals surface area contributed by atoms with Gasteiger partial charge >= 0.3 is 0 Å². The number of benzene rings is 3. The predicted octanol–water partition coefficient (Wildman–Crippen LogP) is 7.66. The van der Waals surface area contributed by atoms with E-state index in [0.29, 0.717) is 45.1 Å². The summed E-state index contributed by atoms with van der Waals surface area (Å²) >= 11 is 0. The van der Waals surface area contributed by atoms with E-state index < -0.39 is 5.92 Å². The molecule has 1 aliphatic carbocycles. The maximum Gasteiger partial charge on any atom is 0.248 e. The lowest BCUT2D eigenvalue weighted by Gasteiger charge is -2.48. The van der Waals surface area contributed by atoms with Gasteiger partial charge in [0.2, 0.25) is 5.92 Å². The number of ether oxygens (including phenoxy) is 3. The maximum absolute atomic E-state index is 13.8. The van der Waals surface area contributed by atoms with E-state index in [-0.39, 0.29) is 37.2 Å². The molecule has 6 heteroatoms. The monoisotopic (exact) mass is 563 g/mol. The van der Waals surface area contributed by atoms with Crippen LogP contribution in [-0.2, 0) is 34.0 Å². The number of halogens is 2. The fourth-order valence-electron chi connectivity index (χ4n) is 6.12. The maximum atomic E-state index is 13.8. The predicted molar refractivity (Wildman–Crippen MR) is 158 cm³/mol. The van der Waals surface area contributed by atoms with Crippen LogP contribution in [0.25, 0.3) is 0 Å². The Kier molecular flexibility index (Phi) is 10.6. The van der Waals surface area contributed by atoms with Gasteiger partial charge in [-0.25, -0.2) is 8.78 Å². The lowest BCUT2D eigenvalue weighted by molar-refractivity contribution is -0.201. The van der Waals surface area contributed by atoms with Crippen molar-refractivity contribution in [3.63, 3.8) is 0 Å². The molecule has 0 radical (unpaired) electrons. The van der Waals surface area contributed by atoms with Crippen LogP contribution in [0, 0.1) is 5.92 Å². The number of rotatable bonds is 12. The summed E-state index contributed by atoms with van der Waals surface area (Å²) in [6.45, 7) is 5.20. The first kappa shape index (κ1) is 29.8. The summed E-state index contributed by atoms with van der Waals surface area (Å²) in [7, 11) is 0. The van der Waals surface area contributed by atoms with Gasteiger partial charge in [0.05, 0.1) is 25.9 Å². The SMILES string of the molecule is C[C@@H]1[C@@H](OCc2ccccc2)[C@H](OCc2ccccc2)[C@@H](OCc2ccccc2)CN1CCC1CCC(F)(F)CC1. The van der Waals surface area contributed by atoms with Crippen LogP contribution < -0.4 is 0 Å². The summed E-state index contributed by atoms with van der Waals surface area (Å²) in [4.78, 5) is 2.43. The Morgan fingerprint density at radius 2 is 1.15 bits per heavy atom. The van der Waals surface area contributed by atoms with E-state index in [2.05, 4.69) is 48.2 Å². The third kappa shape index (κ3) is 8.68. The molecule has 1 saturated carbocycles. The number of hydrogen-bond acceptors (Lipinski definition) is 4. The van der Waals surface area contributed by atoms with Gasteiger partial charge in [-0.05, 0) is 55.3 Å². The Bertz CT molecular complexity index is 1150. The summed E-state index contributed by atoms with van der Waals surface area (Å²) in [6.07, 6.45) is 1.44. The molecule has 5 rings (SSSR count). The van der Waals surface area contributed by atoms with E-state index in [1.165, 1.54) is 0 Å². The molecule has 1 heterocycles. The van der Waals surface area contributed by atoms with Gasteiger partial charge in [0.15, 0.2) is 0 Å². The van der Waals surface area contributed by atoms with Gasteiger partial charge in [0.1, 0.15) is 12.2 Å². The Hall–Kier alpha value is -2.64. The van der Waals surface area contributed by atoms with E-state index in [1.54, 1.807) is 0 Å². The molecule has 2 fully saturated rings. The Labute approximate surface area is 243 Å². The third-order valence-corrected chi connectivity index (χ3v) is 8.69. The van der Waals surface area contributed by atoms with Crippen LogP contribution in [0.15, 0.2) is 91.0 Å². The van der Waals surface area contributed by atoms with Gasteiger partial charge in [-0.1, -0.05) is 91.0 Å². The van der Waals surface area contributed by atoms with Crippen molar-refractivity contribution in [3.05, 3.63) is 108 Å². The molecule has 1 saturated heterocycles. The van der Waals surface area contributed by atoms with E-state index in [9.17, 15) is 8.78 Å². The van der Waals surface area contributed by atoms with Crippen LogP contribution in [0.1, 0.15) is 55.7 Å². The zero-order valence-electron chi connectivity index (χ0n) is 24.0. The first-order chi connectivity index (χ1) is 20.0. The van der Waals surface area contributed by atoms with Gasteiger partial charge in [-0.15, -0.1) is 0 Å². The lowest BCUT2D eigenvalue weighted by Crippen LogP contribution is -2.62. The number of piperidine rings is 1. The fourth-order valence-corrected chi connectivity index (χ4v) is 6.12. The number of hydrogen-bond donors (Lipinski definition) is 0. The van der Waals surface area contributed by atoms with Gasteiger partial charge in [0, 0.05) is 25.4 Å². The second kappa shape index (κ2) is 14.5. The molecule has 3 aromatic carbocycles. The third-order valence-electron chi connectivity index (χ3n) is 8.69. The van der Waals surface area contributed by atoms with Crippen molar-refractivity contribution >= 4 is 0 Å². The largest absolute Gasteiger partial charge is 0.369 e. The molecule has 3 aromatic rings. The average molecular weight is 564 g/mol. The molecule has 4 atom stereocenters. The second-order valence-electron chi connectivity index (χ2n) is 11.7. The molecule has 4 nitrogen and oxygen atoms in total. The summed E-state index contributed by atoms with van der Waals surface area (Å²) in [6, 6.07) is 30.7. The summed E-state index contributed by atoms with van der Waals surface area (Å²) in [5, 5.41) is 0. The summed E-state index contributed by atoms with van der Waals surface area (Å²) < 4.78 is 47.5. The van der Waals surface area contributed by atoms with Crippen molar-refractivity contribution in [3.8, 4) is 0 Å². The van der Waals surface area contributed by atoms with Crippen molar-refractivity contribution in [2.75, 3.05) is 13.1 Å². The highest BCUT2D eigenvalue weighted by Gasteiger charge is 2.44. The van der Waals surface area contributed by atoms with Crippen molar-refractivity contribution in [1.29, 1.82) is 0 Å². The highest BCUT2D eigenvalue weighted by molar-refractivity contribution is 5.16. The molecule has 0 aromatic heterocycles. The standard InChI is InChI=1S/C35H43F2NO3/c1-27-33(40-25-30-13-7-3-8-14-30)34(41-26-31-15-9-4-10-16-31)32(39-24-29-11-5-2-6-12-29)23-38(27)22-19-28-17-20-35(36,37)21-18-28/h2-16,27-28,32-34H,17-26H2,1H3/t27-,32+,33-,34-/m1/s1. The number of alkyl halides is 2. The smallest absolute Gasteiger partial charge is 0.248 e. The summed E-state index contributed by atoms with van der Waals surface area (Å²) in [5.74, 6) is -2.16. The molecule has 0 amide bonds. The molecule has 0 N–H and O–H groups in total. The topological polar surface area (TPSA) is 30.9 Å². The molecule has 0 unspecified atom stereocenters. The molecule has 0 bridgehead atoms. The number of nitrogens with zero attached hydrogens (tertiary/aromatic N) is 1. The van der Waals surface area contributed by atoms with E-state index >= 15 is 0 Å². The quantitative estimate of drug-likeness (QED) is 0.226. The van der Waals surface area contributed by atoms with Crippen LogP contribution in [0.5, 0.6) is 0 Å². The minimum absolute atomic E-state index is 0.00818. The molecule has 41 heavy (non-hydrogen) atoms. The minimum atomic E-state index is -2.50. The van der Waals surface area contributed by atoms with Crippen molar-refractivity contribution < 1.29 is 23.0 Å². The van der Waals surface area contributed by atoms with Crippen LogP contribution in [0.3, 0.4) is 0 Å². The van der Waals surface area contributed by atoms with Crippen LogP contribution in [0.2, 0.25) is 0 Å². The summed E-state index contributed by atoms with van der Waals surface area (Å²) in [5.41, 5.74) is 3.34. The molecular formula is C35H43F2NO3. The molecule has 1 aliphatic heterocycles. The zero-order valence-corrected chi connectivity index (χ0v) is 24.0. The second-order valence-corrected chi connectivity index (χ2v) is 11.7. The van der Waals surface area contributed by atoms with Gasteiger partial charge in [-0.2, -0.15) is 0 Å². The molecule has 0 spiro atoms. The van der Waals surface area contributed by atoms with Crippen LogP contribution in [0.4, 0.5) is 8.78 Å². The number of likely N-dealkylation sites (tertiary alicyclic amines) is 1.